The molecule has 3 heterocycles. The first-order valence-corrected chi connectivity index (χ1v) is 11.0. The van der Waals surface area contributed by atoms with Crippen LogP contribution in [0.5, 0.6) is 5.75 Å². The van der Waals surface area contributed by atoms with Gasteiger partial charge < -0.3 is 4.74 Å². The van der Waals surface area contributed by atoms with Crippen molar-refractivity contribution in [1.29, 1.82) is 0 Å². The maximum atomic E-state index is 14.2. The van der Waals surface area contributed by atoms with Crippen LogP contribution in [0.15, 0.2) is 66.0 Å². The summed E-state index contributed by atoms with van der Waals surface area (Å²) in [6.45, 7) is 0. The molecule has 0 aliphatic heterocycles. The normalized spacial score (nSPS) is 11.6. The predicted molar refractivity (Wildman–Crippen MR) is 115 cm³/mol. The number of nitrogens with zero attached hydrogens (tertiary/aromatic N) is 6. The lowest BCUT2D eigenvalue weighted by Crippen LogP contribution is -2.14. The number of rotatable bonds is 6. The van der Waals surface area contributed by atoms with E-state index in [9.17, 15) is 12.8 Å². The first kappa shape index (κ1) is 20.5. The van der Waals surface area contributed by atoms with Crippen molar-refractivity contribution in [3.8, 4) is 28.4 Å². The largest absolute Gasteiger partial charge is 0.495 e. The zero-order valence-electron chi connectivity index (χ0n) is 17.0. The molecule has 0 fully saturated rings. The lowest BCUT2D eigenvalue weighted by atomic mass is 10.1. The highest BCUT2D eigenvalue weighted by atomic mass is 32.2. The van der Waals surface area contributed by atoms with Gasteiger partial charge in [-0.25, -0.2) is 22.8 Å². The maximum Gasteiger partial charge on any atom is 0.262 e. The highest BCUT2D eigenvalue weighted by Crippen LogP contribution is 2.32. The molecule has 3 aromatic heterocycles. The van der Waals surface area contributed by atoms with Crippen molar-refractivity contribution in [2.45, 2.75) is 4.90 Å². The molecule has 2 N–H and O–H groups in total. The van der Waals surface area contributed by atoms with E-state index in [0.29, 0.717) is 22.8 Å². The molecule has 5 rings (SSSR count). The minimum atomic E-state index is -4.12. The van der Waals surface area contributed by atoms with E-state index >= 15 is 0 Å². The summed E-state index contributed by atoms with van der Waals surface area (Å²) in [7, 11) is -2.70. The molecule has 0 saturated carbocycles. The van der Waals surface area contributed by atoms with Gasteiger partial charge in [-0.2, -0.15) is 5.21 Å². The smallest absolute Gasteiger partial charge is 0.262 e. The molecule has 0 radical (unpaired) electrons. The molecule has 11 nitrogen and oxygen atoms in total. The number of aromatic amines is 1. The number of tetrazole rings is 1. The molecular formula is C20H15FN8O3S. The van der Waals surface area contributed by atoms with E-state index in [1.807, 2.05) is 6.20 Å². The average molecular weight is 466 g/mol. The third-order valence-corrected chi connectivity index (χ3v) is 6.17. The van der Waals surface area contributed by atoms with E-state index in [0.717, 1.165) is 18.2 Å². The predicted octanol–water partition coefficient (Wildman–Crippen LogP) is 2.52. The van der Waals surface area contributed by atoms with Gasteiger partial charge in [0.2, 0.25) is 11.6 Å². The van der Waals surface area contributed by atoms with Crippen molar-refractivity contribution >= 4 is 21.5 Å². The highest BCUT2D eigenvalue weighted by Gasteiger charge is 2.21. The summed E-state index contributed by atoms with van der Waals surface area (Å²) in [5.41, 5.74) is 1.32. The van der Waals surface area contributed by atoms with Crippen LogP contribution >= 0.6 is 0 Å². The van der Waals surface area contributed by atoms with Gasteiger partial charge in [0.05, 0.1) is 29.0 Å². The second-order valence-electron chi connectivity index (χ2n) is 6.85. The van der Waals surface area contributed by atoms with Crippen molar-refractivity contribution in [3.63, 3.8) is 0 Å². The Balaban J connectivity index is 1.53. The lowest BCUT2D eigenvalue weighted by molar-refractivity contribution is 0.417. The van der Waals surface area contributed by atoms with Crippen molar-refractivity contribution in [2.75, 3.05) is 11.8 Å². The molecule has 0 aliphatic rings. The topological polar surface area (TPSA) is 140 Å². The van der Waals surface area contributed by atoms with Crippen LogP contribution in [-0.2, 0) is 10.0 Å². The second kappa shape index (κ2) is 7.94. The third kappa shape index (κ3) is 3.85. The number of imidazole rings is 1. The Kier molecular flexibility index (Phi) is 4.94. The van der Waals surface area contributed by atoms with Gasteiger partial charge in [0, 0.05) is 24.2 Å². The van der Waals surface area contributed by atoms with E-state index in [1.54, 1.807) is 41.1 Å². The number of aromatic nitrogens is 7. The molecule has 166 valence electrons. The molecule has 33 heavy (non-hydrogen) atoms. The number of benzene rings is 2. The number of fused-ring (bicyclic) bond motifs is 1. The van der Waals surface area contributed by atoms with E-state index in [1.165, 1.54) is 7.11 Å². The summed E-state index contributed by atoms with van der Waals surface area (Å²) >= 11 is 0. The molecular weight excluding hydrogens is 451 g/mol. The molecule has 5 aromatic rings. The molecule has 0 spiro atoms. The molecule has 0 amide bonds. The van der Waals surface area contributed by atoms with Crippen molar-refractivity contribution in [1.82, 2.24) is 35.0 Å². The van der Waals surface area contributed by atoms with Crippen molar-refractivity contribution in [2.24, 2.45) is 0 Å². The van der Waals surface area contributed by atoms with Gasteiger partial charge >= 0.3 is 0 Å². The quantitative estimate of drug-likeness (QED) is 0.389. The standard InChI is InChI=1S/C20H15FN8O3S/c1-32-18-6-3-12(17-11-29-8-2-7-22-20(29)23-17)9-16(18)26-33(30,31)13-4-5-15(21)14(10-13)19-24-27-28-25-19/h2-11,26H,1H3,(H,24,25,27,28). The van der Waals surface area contributed by atoms with Crippen LogP contribution in [0.3, 0.4) is 0 Å². The molecule has 0 saturated heterocycles. The number of anilines is 1. The number of hydrogen-bond acceptors (Lipinski definition) is 8. The number of methoxy groups -OCH3 is 1. The Morgan fingerprint density at radius 3 is 2.82 bits per heavy atom. The molecule has 0 aliphatic carbocycles. The number of halogens is 1. The summed E-state index contributed by atoms with van der Waals surface area (Å²) in [5.74, 6) is 0.0513. The summed E-state index contributed by atoms with van der Waals surface area (Å²) in [5, 5.41) is 13.0. The highest BCUT2D eigenvalue weighted by molar-refractivity contribution is 7.92. The number of sulfonamides is 1. The number of hydrogen-bond donors (Lipinski definition) is 2. The molecule has 13 heteroatoms. The van der Waals surface area contributed by atoms with Gasteiger partial charge in [-0.1, -0.05) is 0 Å². The van der Waals surface area contributed by atoms with Crippen LogP contribution in [0.1, 0.15) is 0 Å². The van der Waals surface area contributed by atoms with Gasteiger partial charge in [-0.05, 0) is 47.7 Å². The van der Waals surface area contributed by atoms with Gasteiger partial charge in [-0.3, -0.25) is 9.12 Å². The van der Waals surface area contributed by atoms with Crippen LogP contribution in [0.25, 0.3) is 28.4 Å². The zero-order chi connectivity index (χ0) is 23.0. The van der Waals surface area contributed by atoms with Gasteiger partial charge in [0.25, 0.3) is 10.0 Å². The Morgan fingerprint density at radius 2 is 2.06 bits per heavy atom. The second-order valence-corrected chi connectivity index (χ2v) is 8.53. The van der Waals surface area contributed by atoms with E-state index in [4.69, 9.17) is 4.74 Å². The van der Waals surface area contributed by atoms with E-state index in [2.05, 4.69) is 35.3 Å². The number of nitrogens with one attached hydrogen (secondary N) is 2. The maximum absolute atomic E-state index is 14.2. The van der Waals surface area contributed by atoms with Gasteiger partial charge in [0.15, 0.2) is 0 Å². The number of ether oxygens (including phenoxy) is 1. The Morgan fingerprint density at radius 1 is 1.18 bits per heavy atom. The lowest BCUT2D eigenvalue weighted by Gasteiger charge is -2.13. The van der Waals surface area contributed by atoms with Gasteiger partial charge in [0.1, 0.15) is 11.6 Å². The summed E-state index contributed by atoms with van der Waals surface area (Å²) < 4.78 is 50.0. The fourth-order valence-electron chi connectivity index (χ4n) is 3.24. The van der Waals surface area contributed by atoms with Crippen LogP contribution in [0, 0.1) is 5.82 Å². The first-order valence-electron chi connectivity index (χ1n) is 9.49. The molecule has 0 unspecified atom stereocenters. The van der Waals surface area contributed by atoms with E-state index < -0.39 is 15.8 Å². The fourth-order valence-corrected chi connectivity index (χ4v) is 4.33. The van der Waals surface area contributed by atoms with E-state index in [-0.39, 0.29) is 22.0 Å². The van der Waals surface area contributed by atoms with Crippen LogP contribution in [0.4, 0.5) is 10.1 Å². The monoisotopic (exact) mass is 466 g/mol. The van der Waals surface area contributed by atoms with Crippen LogP contribution in [-0.4, -0.2) is 50.5 Å². The van der Waals surface area contributed by atoms with Crippen LogP contribution < -0.4 is 9.46 Å². The summed E-state index contributed by atoms with van der Waals surface area (Å²) in [4.78, 5) is 8.45. The molecule has 2 aromatic carbocycles. The molecule has 0 bridgehead atoms. The third-order valence-electron chi connectivity index (χ3n) is 4.81. The SMILES string of the molecule is COc1ccc(-c2cn3cccnc3n2)cc1NS(=O)(=O)c1ccc(F)c(-c2nn[nH]n2)c1. The molecule has 0 atom stereocenters. The Bertz CT molecular complexity index is 1530. The fraction of sp³-hybridized carbons (Fsp3) is 0.0500. The Labute approximate surface area is 186 Å². The summed E-state index contributed by atoms with van der Waals surface area (Å²) in [6, 6.07) is 10.1. The van der Waals surface area contributed by atoms with Gasteiger partial charge in [-0.15, -0.1) is 10.2 Å². The zero-order valence-corrected chi connectivity index (χ0v) is 17.8. The average Bonchev–Trinajstić information content (AvgIpc) is 3.49. The summed E-state index contributed by atoms with van der Waals surface area (Å²) in [6.07, 6.45) is 5.21. The Hall–Kier alpha value is -4.39. The minimum absolute atomic E-state index is 0.0652. The van der Waals surface area contributed by atoms with Crippen LogP contribution in [0.2, 0.25) is 0 Å². The minimum Gasteiger partial charge on any atom is -0.495 e. The van der Waals surface area contributed by atoms with Crippen molar-refractivity contribution < 1.29 is 17.5 Å². The van der Waals surface area contributed by atoms with Crippen molar-refractivity contribution in [3.05, 3.63) is 66.9 Å². The number of H-pyrrole nitrogens is 1. The first-order chi connectivity index (χ1) is 15.9.